The Balaban J connectivity index is 2.54. The molecule has 0 bridgehead atoms. The maximum absolute atomic E-state index is 8.96. The smallest absolute Gasteiger partial charge is 0.130 e. The molecule has 0 fully saturated rings. The molecule has 1 atom stereocenters. The van der Waals surface area contributed by atoms with E-state index < -0.39 is 0 Å². The lowest BCUT2D eigenvalue weighted by molar-refractivity contribution is 0.287. The van der Waals surface area contributed by atoms with Crippen molar-refractivity contribution in [1.82, 2.24) is 5.32 Å². The van der Waals surface area contributed by atoms with Gasteiger partial charge in [0.05, 0.1) is 6.07 Å². The number of hydrogen-bond donors (Lipinski definition) is 1. The van der Waals surface area contributed by atoms with Crippen molar-refractivity contribution in [2.24, 2.45) is 0 Å². The Labute approximate surface area is 103 Å². The van der Waals surface area contributed by atoms with Crippen molar-refractivity contribution in [1.29, 1.82) is 5.26 Å². The van der Waals surface area contributed by atoms with Gasteiger partial charge in [0.1, 0.15) is 18.4 Å². The van der Waals surface area contributed by atoms with Crippen LogP contribution in [-0.2, 0) is 0 Å². The molecule has 0 aliphatic carbocycles. The topological polar surface area (TPSA) is 45.0 Å². The third-order valence-corrected chi connectivity index (χ3v) is 2.55. The van der Waals surface area contributed by atoms with Gasteiger partial charge in [-0.15, -0.1) is 0 Å². The van der Waals surface area contributed by atoms with E-state index in [2.05, 4.69) is 24.4 Å². The quantitative estimate of drug-likeness (QED) is 0.820. The molecule has 0 saturated carbocycles. The number of nitrogens with zero attached hydrogens (tertiary/aromatic N) is 1. The van der Waals surface area contributed by atoms with Gasteiger partial charge < -0.3 is 4.74 Å². The zero-order valence-electron chi connectivity index (χ0n) is 10.8. The first kappa shape index (κ1) is 13.5. The molecule has 1 unspecified atom stereocenters. The summed E-state index contributed by atoms with van der Waals surface area (Å²) in [5.41, 5.74) is 2.27. The van der Waals surface area contributed by atoms with Crippen molar-refractivity contribution in [3.63, 3.8) is 0 Å². The fourth-order valence-corrected chi connectivity index (χ4v) is 1.50. The summed E-state index contributed by atoms with van der Waals surface area (Å²) in [7, 11) is 0. The molecule has 1 aromatic rings. The normalized spacial score (nSPS) is 11.9. The summed E-state index contributed by atoms with van der Waals surface area (Å²) < 4.78 is 5.68. The second-order valence-corrected chi connectivity index (χ2v) is 4.22. The standard InChI is InChI=1S/C14H20N2O/c1-4-7-16-13(9-15)10-17-14-8-11(2)5-6-12(14)3/h5-6,8,13,16H,4,7,10H2,1-3H3. The van der Waals surface area contributed by atoms with Crippen LogP contribution < -0.4 is 10.1 Å². The average Bonchev–Trinajstić information content (AvgIpc) is 2.33. The summed E-state index contributed by atoms with van der Waals surface area (Å²) >= 11 is 0. The van der Waals surface area contributed by atoms with Gasteiger partial charge in [-0.05, 0) is 44.0 Å². The summed E-state index contributed by atoms with van der Waals surface area (Å²) in [5.74, 6) is 0.864. The molecule has 0 heterocycles. The molecule has 0 aliphatic rings. The summed E-state index contributed by atoms with van der Waals surface area (Å²) in [5, 5.41) is 12.1. The highest BCUT2D eigenvalue weighted by Gasteiger charge is 2.08. The first-order valence-electron chi connectivity index (χ1n) is 6.00. The van der Waals surface area contributed by atoms with Crippen LogP contribution in [0.25, 0.3) is 0 Å². The minimum Gasteiger partial charge on any atom is -0.491 e. The van der Waals surface area contributed by atoms with Crippen molar-refractivity contribution < 1.29 is 4.74 Å². The van der Waals surface area contributed by atoms with Crippen molar-refractivity contribution >= 4 is 0 Å². The van der Waals surface area contributed by atoms with Crippen LogP contribution >= 0.6 is 0 Å². The van der Waals surface area contributed by atoms with E-state index in [0.717, 1.165) is 24.3 Å². The highest BCUT2D eigenvalue weighted by molar-refractivity contribution is 5.36. The highest BCUT2D eigenvalue weighted by atomic mass is 16.5. The van der Waals surface area contributed by atoms with Gasteiger partial charge in [-0.1, -0.05) is 19.1 Å². The molecule has 0 saturated heterocycles. The molecule has 17 heavy (non-hydrogen) atoms. The van der Waals surface area contributed by atoms with E-state index in [1.54, 1.807) is 0 Å². The van der Waals surface area contributed by atoms with E-state index in [1.807, 2.05) is 26.0 Å². The maximum atomic E-state index is 8.96. The summed E-state index contributed by atoms with van der Waals surface area (Å²) in [6.45, 7) is 7.35. The van der Waals surface area contributed by atoms with Gasteiger partial charge in [-0.3, -0.25) is 5.32 Å². The first-order valence-corrected chi connectivity index (χ1v) is 6.00. The van der Waals surface area contributed by atoms with Crippen LogP contribution in [0.3, 0.4) is 0 Å². The van der Waals surface area contributed by atoms with Crippen molar-refractivity contribution in [3.05, 3.63) is 29.3 Å². The predicted molar refractivity (Wildman–Crippen MR) is 69.1 cm³/mol. The van der Waals surface area contributed by atoms with Crippen molar-refractivity contribution in [2.75, 3.05) is 13.2 Å². The SMILES string of the molecule is CCCNC(C#N)COc1cc(C)ccc1C. The van der Waals surface area contributed by atoms with Crippen LogP contribution in [-0.4, -0.2) is 19.2 Å². The van der Waals surface area contributed by atoms with Gasteiger partial charge in [0.25, 0.3) is 0 Å². The van der Waals surface area contributed by atoms with E-state index in [4.69, 9.17) is 10.00 Å². The molecule has 92 valence electrons. The molecule has 0 aliphatic heterocycles. The molecule has 1 aromatic carbocycles. The van der Waals surface area contributed by atoms with Gasteiger partial charge in [-0.2, -0.15) is 5.26 Å². The monoisotopic (exact) mass is 232 g/mol. The molecular weight excluding hydrogens is 212 g/mol. The van der Waals surface area contributed by atoms with E-state index in [0.29, 0.717) is 6.61 Å². The van der Waals surface area contributed by atoms with Crippen molar-refractivity contribution in [3.8, 4) is 11.8 Å². The number of hydrogen-bond acceptors (Lipinski definition) is 3. The zero-order valence-corrected chi connectivity index (χ0v) is 10.8. The second-order valence-electron chi connectivity index (χ2n) is 4.22. The average molecular weight is 232 g/mol. The molecular formula is C14H20N2O. The van der Waals surface area contributed by atoms with E-state index >= 15 is 0 Å². The number of nitrogens with one attached hydrogen (secondary N) is 1. The molecule has 3 heteroatoms. The lowest BCUT2D eigenvalue weighted by Crippen LogP contribution is -2.33. The molecule has 1 N–H and O–H groups in total. The Bertz CT molecular complexity index is 396. The third kappa shape index (κ3) is 4.46. The number of rotatable bonds is 6. The fourth-order valence-electron chi connectivity index (χ4n) is 1.50. The number of ether oxygens (including phenoxy) is 1. The van der Waals surface area contributed by atoms with Crippen molar-refractivity contribution in [2.45, 2.75) is 33.2 Å². The number of nitriles is 1. The summed E-state index contributed by atoms with van der Waals surface area (Å²) in [6.07, 6.45) is 1.02. The Morgan fingerprint density at radius 1 is 1.41 bits per heavy atom. The van der Waals surface area contributed by atoms with Gasteiger partial charge in [0.15, 0.2) is 0 Å². The molecule has 0 radical (unpaired) electrons. The summed E-state index contributed by atoms with van der Waals surface area (Å²) in [4.78, 5) is 0. The van der Waals surface area contributed by atoms with Crippen LogP contribution in [0, 0.1) is 25.2 Å². The summed E-state index contributed by atoms with van der Waals surface area (Å²) in [6, 6.07) is 8.06. The Morgan fingerprint density at radius 2 is 2.18 bits per heavy atom. The molecule has 1 rings (SSSR count). The lowest BCUT2D eigenvalue weighted by atomic mass is 10.1. The van der Waals surface area contributed by atoms with E-state index in [-0.39, 0.29) is 6.04 Å². The fraction of sp³-hybridized carbons (Fsp3) is 0.500. The Morgan fingerprint density at radius 3 is 2.82 bits per heavy atom. The third-order valence-electron chi connectivity index (χ3n) is 2.55. The Hall–Kier alpha value is -1.53. The van der Waals surface area contributed by atoms with Gasteiger partial charge in [0, 0.05) is 0 Å². The molecule has 0 spiro atoms. The second kappa shape index (κ2) is 6.93. The first-order chi connectivity index (χ1) is 8.17. The maximum Gasteiger partial charge on any atom is 0.130 e. The van der Waals surface area contributed by atoms with Gasteiger partial charge in [-0.25, -0.2) is 0 Å². The molecule has 3 nitrogen and oxygen atoms in total. The molecule has 0 aromatic heterocycles. The van der Waals surface area contributed by atoms with Gasteiger partial charge in [0.2, 0.25) is 0 Å². The van der Waals surface area contributed by atoms with E-state index in [1.165, 1.54) is 5.56 Å². The minimum absolute atomic E-state index is 0.241. The van der Waals surface area contributed by atoms with E-state index in [9.17, 15) is 0 Å². The predicted octanol–water partition coefficient (Wildman–Crippen LogP) is 2.57. The van der Waals surface area contributed by atoms with Gasteiger partial charge >= 0.3 is 0 Å². The van der Waals surface area contributed by atoms with Crippen LogP contribution in [0.4, 0.5) is 0 Å². The van der Waals surface area contributed by atoms with Crippen LogP contribution in [0.1, 0.15) is 24.5 Å². The minimum atomic E-state index is -0.241. The molecule has 0 amide bonds. The van der Waals surface area contributed by atoms with Crippen LogP contribution in [0.15, 0.2) is 18.2 Å². The van der Waals surface area contributed by atoms with Crippen LogP contribution in [0.2, 0.25) is 0 Å². The Kier molecular flexibility index (Phi) is 5.51. The van der Waals surface area contributed by atoms with Crippen LogP contribution in [0.5, 0.6) is 5.75 Å². The highest BCUT2D eigenvalue weighted by Crippen LogP contribution is 2.19. The lowest BCUT2D eigenvalue weighted by Gasteiger charge is -2.14. The zero-order chi connectivity index (χ0) is 12.7. The largest absolute Gasteiger partial charge is 0.491 e. The number of aryl methyl sites for hydroxylation is 2. The number of benzene rings is 1.